The lowest BCUT2D eigenvalue weighted by Gasteiger charge is -2.06. The van der Waals surface area contributed by atoms with Crippen molar-refractivity contribution in [3.05, 3.63) is 35.4 Å². The molecule has 1 aromatic rings. The van der Waals surface area contributed by atoms with Crippen LogP contribution in [0.25, 0.3) is 0 Å². The summed E-state index contributed by atoms with van der Waals surface area (Å²) < 4.78 is 9.08. The quantitative estimate of drug-likeness (QED) is 0.624. The van der Waals surface area contributed by atoms with Crippen LogP contribution in [0.1, 0.15) is 33.6 Å². The number of rotatable bonds is 6. The Morgan fingerprint density at radius 2 is 1.80 bits per heavy atom. The van der Waals surface area contributed by atoms with Crippen LogP contribution in [-0.4, -0.2) is 38.6 Å². The predicted octanol–water partition coefficient (Wildman–Crippen LogP) is 1.16. The molecule has 0 radical (unpaired) electrons. The molecule has 0 spiro atoms. The zero-order chi connectivity index (χ0) is 15.0. The van der Waals surface area contributed by atoms with Crippen LogP contribution in [0.5, 0.6) is 0 Å². The van der Waals surface area contributed by atoms with Gasteiger partial charge in [-0.1, -0.05) is 6.07 Å². The molecule has 1 aromatic carbocycles. The topological polar surface area (TPSA) is 81.7 Å². The lowest BCUT2D eigenvalue weighted by molar-refractivity contribution is -0.140. The number of nitrogens with one attached hydrogen (secondary N) is 1. The molecular weight excluding hydrogens is 262 g/mol. The van der Waals surface area contributed by atoms with Gasteiger partial charge in [-0.15, -0.1) is 0 Å². The van der Waals surface area contributed by atoms with Gasteiger partial charge >= 0.3 is 11.9 Å². The van der Waals surface area contributed by atoms with Gasteiger partial charge in [-0.05, 0) is 24.6 Å². The molecule has 0 unspecified atom stereocenters. The van der Waals surface area contributed by atoms with E-state index in [0.29, 0.717) is 24.1 Å². The number of methoxy groups -OCH3 is 2. The number of ether oxygens (including phenoxy) is 2. The normalized spacial score (nSPS) is 9.70. The second-order valence-corrected chi connectivity index (χ2v) is 4.01. The molecule has 0 aliphatic rings. The van der Waals surface area contributed by atoms with Crippen molar-refractivity contribution in [2.45, 2.75) is 12.8 Å². The van der Waals surface area contributed by atoms with Crippen molar-refractivity contribution >= 4 is 17.8 Å². The number of carbonyl (C=O) groups is 3. The minimum absolute atomic E-state index is 0.249. The maximum absolute atomic E-state index is 11.8. The molecule has 0 saturated carbocycles. The molecule has 0 heterocycles. The third-order valence-electron chi connectivity index (χ3n) is 2.62. The van der Waals surface area contributed by atoms with Gasteiger partial charge in [0, 0.05) is 18.5 Å². The van der Waals surface area contributed by atoms with Crippen molar-refractivity contribution in [3.8, 4) is 0 Å². The van der Waals surface area contributed by atoms with E-state index in [1.54, 1.807) is 18.2 Å². The lowest BCUT2D eigenvalue weighted by atomic mass is 10.1. The predicted molar refractivity (Wildman–Crippen MR) is 71.4 cm³/mol. The number of benzene rings is 1. The molecule has 0 aliphatic heterocycles. The summed E-state index contributed by atoms with van der Waals surface area (Å²) in [7, 11) is 2.60. The van der Waals surface area contributed by atoms with E-state index in [1.807, 2.05) is 0 Å². The summed E-state index contributed by atoms with van der Waals surface area (Å²) in [6, 6.07) is 6.24. The highest BCUT2D eigenvalue weighted by atomic mass is 16.5. The first kappa shape index (κ1) is 15.7. The first-order valence-electron chi connectivity index (χ1n) is 6.12. The molecule has 0 bridgehead atoms. The van der Waals surface area contributed by atoms with Crippen LogP contribution in [0, 0.1) is 0 Å². The van der Waals surface area contributed by atoms with Gasteiger partial charge in [0.05, 0.1) is 19.8 Å². The minimum Gasteiger partial charge on any atom is -0.469 e. The third kappa shape index (κ3) is 4.72. The third-order valence-corrected chi connectivity index (χ3v) is 2.62. The largest absolute Gasteiger partial charge is 0.469 e. The van der Waals surface area contributed by atoms with Crippen LogP contribution >= 0.6 is 0 Å². The molecular formula is C14H17NO5. The van der Waals surface area contributed by atoms with Crippen LogP contribution in [0.4, 0.5) is 0 Å². The second kappa shape index (κ2) is 7.93. The van der Waals surface area contributed by atoms with Crippen molar-refractivity contribution in [2.24, 2.45) is 0 Å². The SMILES string of the molecule is COC(=O)CCCNC(=O)c1cccc(C(=O)OC)c1. The molecule has 0 fully saturated rings. The number of amides is 1. The van der Waals surface area contributed by atoms with E-state index >= 15 is 0 Å². The van der Waals surface area contributed by atoms with E-state index in [9.17, 15) is 14.4 Å². The standard InChI is InChI=1S/C14H17NO5/c1-19-12(16)7-4-8-15-13(17)10-5-3-6-11(9-10)14(18)20-2/h3,5-6,9H,4,7-8H2,1-2H3,(H,15,17). The Morgan fingerprint density at radius 3 is 2.45 bits per heavy atom. The number of carbonyl (C=O) groups excluding carboxylic acids is 3. The van der Waals surface area contributed by atoms with Gasteiger partial charge in [-0.25, -0.2) is 4.79 Å². The first-order chi connectivity index (χ1) is 9.58. The van der Waals surface area contributed by atoms with E-state index in [-0.39, 0.29) is 18.3 Å². The Labute approximate surface area is 117 Å². The number of hydrogen-bond donors (Lipinski definition) is 1. The molecule has 6 heteroatoms. The van der Waals surface area contributed by atoms with Crippen LogP contribution in [0.3, 0.4) is 0 Å². The molecule has 6 nitrogen and oxygen atoms in total. The molecule has 1 rings (SSSR count). The van der Waals surface area contributed by atoms with Gasteiger partial charge in [0.2, 0.25) is 0 Å². The summed E-state index contributed by atoms with van der Waals surface area (Å²) in [6.07, 6.45) is 0.744. The molecule has 0 aliphatic carbocycles. The Kier molecular flexibility index (Phi) is 6.22. The van der Waals surface area contributed by atoms with Crippen molar-refractivity contribution in [3.63, 3.8) is 0 Å². The van der Waals surface area contributed by atoms with Gasteiger partial charge in [0.15, 0.2) is 0 Å². The van der Waals surface area contributed by atoms with Crippen LogP contribution in [0.2, 0.25) is 0 Å². The van der Waals surface area contributed by atoms with E-state index in [1.165, 1.54) is 20.3 Å². The van der Waals surface area contributed by atoms with Crippen molar-refractivity contribution in [2.75, 3.05) is 20.8 Å². The van der Waals surface area contributed by atoms with Gasteiger partial charge in [0.1, 0.15) is 0 Å². The van der Waals surface area contributed by atoms with E-state index in [2.05, 4.69) is 14.8 Å². The highest BCUT2D eigenvalue weighted by molar-refractivity contribution is 5.97. The fourth-order valence-electron chi connectivity index (χ4n) is 1.54. The summed E-state index contributed by atoms with van der Waals surface area (Å²) in [5.74, 6) is -1.11. The Bertz CT molecular complexity index is 498. The summed E-state index contributed by atoms with van der Waals surface area (Å²) in [5.41, 5.74) is 0.681. The average Bonchev–Trinajstić information content (AvgIpc) is 2.50. The highest BCUT2D eigenvalue weighted by Crippen LogP contribution is 2.06. The molecule has 20 heavy (non-hydrogen) atoms. The molecule has 1 amide bonds. The van der Waals surface area contributed by atoms with Crippen LogP contribution in [0.15, 0.2) is 24.3 Å². The monoisotopic (exact) mass is 279 g/mol. The van der Waals surface area contributed by atoms with E-state index < -0.39 is 5.97 Å². The number of hydrogen-bond acceptors (Lipinski definition) is 5. The molecule has 0 saturated heterocycles. The fourth-order valence-corrected chi connectivity index (χ4v) is 1.54. The maximum Gasteiger partial charge on any atom is 0.337 e. The average molecular weight is 279 g/mol. The van der Waals surface area contributed by atoms with Gasteiger partial charge in [-0.3, -0.25) is 9.59 Å². The molecule has 1 N–H and O–H groups in total. The van der Waals surface area contributed by atoms with Crippen molar-refractivity contribution in [1.29, 1.82) is 0 Å². The second-order valence-electron chi connectivity index (χ2n) is 4.01. The van der Waals surface area contributed by atoms with Gasteiger partial charge in [-0.2, -0.15) is 0 Å². The summed E-state index contributed by atoms with van der Waals surface area (Å²) in [4.78, 5) is 34.1. The Morgan fingerprint density at radius 1 is 1.10 bits per heavy atom. The molecule has 108 valence electrons. The van der Waals surface area contributed by atoms with Gasteiger partial charge in [0.25, 0.3) is 5.91 Å². The summed E-state index contributed by atoms with van der Waals surface area (Å²) >= 11 is 0. The smallest absolute Gasteiger partial charge is 0.337 e. The fraction of sp³-hybridized carbons (Fsp3) is 0.357. The first-order valence-corrected chi connectivity index (χ1v) is 6.12. The molecule has 0 aromatic heterocycles. The highest BCUT2D eigenvalue weighted by Gasteiger charge is 2.10. The minimum atomic E-state index is -0.495. The lowest BCUT2D eigenvalue weighted by Crippen LogP contribution is -2.25. The van der Waals surface area contributed by atoms with Crippen LogP contribution < -0.4 is 5.32 Å². The van der Waals surface area contributed by atoms with Gasteiger partial charge < -0.3 is 14.8 Å². The Balaban J connectivity index is 2.51. The van der Waals surface area contributed by atoms with Crippen LogP contribution in [-0.2, 0) is 14.3 Å². The van der Waals surface area contributed by atoms with E-state index in [0.717, 1.165) is 0 Å². The summed E-state index contributed by atoms with van der Waals surface area (Å²) in [5, 5.41) is 2.66. The molecule has 0 atom stereocenters. The zero-order valence-electron chi connectivity index (χ0n) is 11.5. The Hall–Kier alpha value is -2.37. The summed E-state index contributed by atoms with van der Waals surface area (Å²) in [6.45, 7) is 0.358. The zero-order valence-corrected chi connectivity index (χ0v) is 11.5. The van der Waals surface area contributed by atoms with Crippen molar-refractivity contribution < 1.29 is 23.9 Å². The van der Waals surface area contributed by atoms with Crippen molar-refractivity contribution in [1.82, 2.24) is 5.32 Å². The maximum atomic E-state index is 11.8. The number of esters is 2. The van der Waals surface area contributed by atoms with E-state index in [4.69, 9.17) is 0 Å².